The molecule has 0 aliphatic heterocycles. The number of carbonyl (C=O) groups excluding carboxylic acids is 1. The summed E-state index contributed by atoms with van der Waals surface area (Å²) in [6, 6.07) is 7.84. The van der Waals surface area contributed by atoms with E-state index in [1.165, 1.54) is 15.5 Å². The molecular weight excluding hydrogens is 464 g/mol. The lowest BCUT2D eigenvalue weighted by Gasteiger charge is -2.27. The molecule has 1 aliphatic carbocycles. The minimum absolute atomic E-state index is 0.149. The van der Waals surface area contributed by atoms with Crippen LogP contribution in [0.25, 0.3) is 11.2 Å². The summed E-state index contributed by atoms with van der Waals surface area (Å²) in [6.45, 7) is 0.321. The Bertz CT molecular complexity index is 1230. The average Bonchev–Trinajstić information content (AvgIpc) is 3.40. The van der Waals surface area contributed by atoms with Crippen molar-refractivity contribution in [3.63, 3.8) is 0 Å². The smallest absolute Gasteiger partial charge is 0.332 e. The molecule has 164 valence electrons. The van der Waals surface area contributed by atoms with Gasteiger partial charge in [0, 0.05) is 25.1 Å². The van der Waals surface area contributed by atoms with E-state index >= 15 is 0 Å². The number of nitrogens with zero attached hydrogens (tertiary/aromatic N) is 4. The fourth-order valence-corrected chi connectivity index (χ4v) is 4.74. The molecule has 0 N–H and O–H groups in total. The minimum atomic E-state index is -0.610. The van der Waals surface area contributed by atoms with E-state index in [1.54, 1.807) is 18.7 Å². The molecule has 0 saturated heterocycles. The first-order chi connectivity index (χ1) is 14.8. The van der Waals surface area contributed by atoms with Gasteiger partial charge in [-0.2, -0.15) is 0 Å². The largest absolute Gasteiger partial charge is 0.465 e. The van der Waals surface area contributed by atoms with E-state index in [4.69, 9.17) is 4.74 Å². The summed E-state index contributed by atoms with van der Waals surface area (Å²) in [4.78, 5) is 42.5. The van der Waals surface area contributed by atoms with Crippen LogP contribution < -0.4 is 11.2 Å². The highest BCUT2D eigenvalue weighted by atomic mass is 79.9. The molecule has 2 heterocycles. The van der Waals surface area contributed by atoms with E-state index in [0.29, 0.717) is 17.6 Å². The minimum Gasteiger partial charge on any atom is -0.465 e. The lowest BCUT2D eigenvalue weighted by atomic mass is 9.79. The first kappa shape index (κ1) is 21.5. The number of halogens is 1. The predicted molar refractivity (Wildman–Crippen MR) is 120 cm³/mol. The van der Waals surface area contributed by atoms with Crippen molar-refractivity contribution in [2.24, 2.45) is 14.1 Å². The number of rotatable bonds is 6. The molecule has 0 radical (unpaired) electrons. The SMILES string of the molecule is Cn1cnc2c1c(=O)n(CCCOC(=O)C1(c3ccc(Br)cc3)CCCC1)c(=O)n2C. The fraction of sp³-hybridized carbons (Fsp3) is 0.455. The van der Waals surface area contributed by atoms with Gasteiger partial charge in [-0.3, -0.25) is 18.7 Å². The Labute approximate surface area is 187 Å². The zero-order valence-corrected chi connectivity index (χ0v) is 19.2. The molecule has 4 rings (SSSR count). The van der Waals surface area contributed by atoms with E-state index < -0.39 is 11.1 Å². The van der Waals surface area contributed by atoms with Crippen LogP contribution in [-0.2, 0) is 35.6 Å². The van der Waals surface area contributed by atoms with Crippen molar-refractivity contribution < 1.29 is 9.53 Å². The van der Waals surface area contributed by atoms with Gasteiger partial charge in [0.1, 0.15) is 0 Å². The highest BCUT2D eigenvalue weighted by Crippen LogP contribution is 2.42. The van der Waals surface area contributed by atoms with E-state index in [9.17, 15) is 14.4 Å². The monoisotopic (exact) mass is 488 g/mol. The topological polar surface area (TPSA) is 88.1 Å². The van der Waals surface area contributed by atoms with Gasteiger partial charge in [0.2, 0.25) is 0 Å². The van der Waals surface area contributed by atoms with Crippen molar-refractivity contribution in [3.05, 3.63) is 61.5 Å². The summed E-state index contributed by atoms with van der Waals surface area (Å²) in [5.41, 5.74) is 0.291. The number of aryl methyl sites for hydroxylation is 2. The lowest BCUT2D eigenvalue weighted by Crippen LogP contribution is -2.40. The number of hydrogen-bond donors (Lipinski definition) is 0. The molecule has 1 fully saturated rings. The number of ether oxygens (including phenoxy) is 1. The quantitative estimate of drug-likeness (QED) is 0.393. The van der Waals surface area contributed by atoms with Gasteiger partial charge in [0.25, 0.3) is 5.56 Å². The number of hydrogen-bond acceptors (Lipinski definition) is 5. The first-order valence-electron chi connectivity index (χ1n) is 10.4. The molecule has 3 aromatic rings. The maximum Gasteiger partial charge on any atom is 0.332 e. The Kier molecular flexibility index (Phi) is 5.88. The summed E-state index contributed by atoms with van der Waals surface area (Å²) in [6.07, 6.45) is 5.40. The maximum absolute atomic E-state index is 13.1. The van der Waals surface area contributed by atoms with Gasteiger partial charge in [0.05, 0.1) is 18.3 Å². The van der Waals surface area contributed by atoms with Crippen LogP contribution >= 0.6 is 15.9 Å². The zero-order valence-electron chi connectivity index (χ0n) is 17.6. The van der Waals surface area contributed by atoms with Crippen molar-refractivity contribution in [3.8, 4) is 0 Å². The first-order valence-corrected chi connectivity index (χ1v) is 11.2. The summed E-state index contributed by atoms with van der Waals surface area (Å²) >= 11 is 3.44. The lowest BCUT2D eigenvalue weighted by molar-refractivity contribution is -0.150. The third-order valence-corrected chi connectivity index (χ3v) is 6.73. The maximum atomic E-state index is 13.1. The standard InChI is InChI=1S/C22H25BrN4O4/c1-25-14-24-18-17(25)19(28)27(21(30)26(18)2)12-5-13-31-20(29)22(10-3-4-11-22)15-6-8-16(23)9-7-15/h6-9,14H,3-5,10-13H2,1-2H3. The van der Waals surface area contributed by atoms with Crippen LogP contribution in [0.2, 0.25) is 0 Å². The summed E-state index contributed by atoms with van der Waals surface area (Å²) in [5, 5.41) is 0. The molecule has 1 aromatic carbocycles. The number of imidazole rings is 1. The number of esters is 1. The number of carbonyl (C=O) groups is 1. The van der Waals surface area contributed by atoms with Crippen LogP contribution in [-0.4, -0.2) is 31.3 Å². The normalized spacial score (nSPS) is 15.5. The van der Waals surface area contributed by atoms with Crippen molar-refractivity contribution in [1.82, 2.24) is 18.7 Å². The van der Waals surface area contributed by atoms with Crippen LogP contribution in [0, 0.1) is 0 Å². The Balaban J connectivity index is 1.47. The molecule has 8 nitrogen and oxygen atoms in total. The summed E-state index contributed by atoms with van der Waals surface area (Å²) in [5.74, 6) is -0.227. The van der Waals surface area contributed by atoms with Crippen LogP contribution in [0.1, 0.15) is 37.7 Å². The van der Waals surface area contributed by atoms with Crippen LogP contribution in [0.15, 0.2) is 44.7 Å². The second-order valence-corrected chi connectivity index (χ2v) is 9.03. The molecule has 2 aromatic heterocycles. The number of fused-ring (bicyclic) bond motifs is 1. The summed E-state index contributed by atoms with van der Waals surface area (Å²) < 4.78 is 10.8. The highest BCUT2D eigenvalue weighted by molar-refractivity contribution is 9.10. The van der Waals surface area contributed by atoms with Gasteiger partial charge in [-0.1, -0.05) is 40.9 Å². The van der Waals surface area contributed by atoms with Gasteiger partial charge in [-0.25, -0.2) is 9.78 Å². The Morgan fingerprint density at radius 2 is 1.84 bits per heavy atom. The second-order valence-electron chi connectivity index (χ2n) is 8.11. The van der Waals surface area contributed by atoms with Gasteiger partial charge in [-0.05, 0) is 37.0 Å². The van der Waals surface area contributed by atoms with Crippen LogP contribution in [0.4, 0.5) is 0 Å². The molecule has 0 bridgehead atoms. The summed E-state index contributed by atoms with van der Waals surface area (Å²) in [7, 11) is 3.31. The molecule has 31 heavy (non-hydrogen) atoms. The molecule has 0 unspecified atom stereocenters. The van der Waals surface area contributed by atoms with E-state index in [0.717, 1.165) is 35.7 Å². The van der Waals surface area contributed by atoms with Crippen molar-refractivity contribution in [1.29, 1.82) is 0 Å². The van der Waals surface area contributed by atoms with E-state index in [2.05, 4.69) is 20.9 Å². The molecule has 1 aliphatic rings. The van der Waals surface area contributed by atoms with Crippen molar-refractivity contribution in [2.75, 3.05) is 6.61 Å². The van der Waals surface area contributed by atoms with Gasteiger partial charge in [-0.15, -0.1) is 0 Å². The fourth-order valence-electron chi connectivity index (χ4n) is 4.48. The molecule has 1 saturated carbocycles. The molecular formula is C22H25BrN4O4. The molecule has 0 atom stereocenters. The Hall–Kier alpha value is -2.68. The Morgan fingerprint density at radius 3 is 2.52 bits per heavy atom. The zero-order chi connectivity index (χ0) is 22.2. The Morgan fingerprint density at radius 1 is 1.16 bits per heavy atom. The molecule has 9 heteroatoms. The van der Waals surface area contributed by atoms with Crippen LogP contribution in [0.5, 0.6) is 0 Å². The number of benzene rings is 1. The van der Waals surface area contributed by atoms with Crippen LogP contribution in [0.3, 0.4) is 0 Å². The van der Waals surface area contributed by atoms with Crippen molar-refractivity contribution >= 4 is 33.1 Å². The third-order valence-electron chi connectivity index (χ3n) is 6.20. The third kappa shape index (κ3) is 3.75. The highest BCUT2D eigenvalue weighted by Gasteiger charge is 2.44. The van der Waals surface area contributed by atoms with Gasteiger partial charge >= 0.3 is 11.7 Å². The second kappa shape index (κ2) is 8.45. The predicted octanol–water partition coefficient (Wildman–Crippen LogP) is 2.64. The van der Waals surface area contributed by atoms with Gasteiger partial charge < -0.3 is 9.30 Å². The van der Waals surface area contributed by atoms with E-state index in [-0.39, 0.29) is 24.7 Å². The molecule has 0 amide bonds. The van der Waals surface area contributed by atoms with E-state index in [1.807, 2.05) is 24.3 Å². The van der Waals surface area contributed by atoms with Gasteiger partial charge in [0.15, 0.2) is 11.2 Å². The number of aromatic nitrogens is 4. The average molecular weight is 489 g/mol. The molecule has 0 spiro atoms. The van der Waals surface area contributed by atoms with Crippen molar-refractivity contribution in [2.45, 2.75) is 44.1 Å².